The molecule has 0 radical (unpaired) electrons. The molecule has 6 heteroatoms. The lowest BCUT2D eigenvalue weighted by Crippen LogP contribution is -2.31. The number of ether oxygens (including phenoxy) is 2. The Labute approximate surface area is 159 Å². The molecule has 0 saturated carbocycles. The quantitative estimate of drug-likeness (QED) is 0.573. The first-order chi connectivity index (χ1) is 13.0. The highest BCUT2D eigenvalue weighted by Crippen LogP contribution is 2.34. The summed E-state index contributed by atoms with van der Waals surface area (Å²) in [4.78, 5) is 0.220. The maximum atomic E-state index is 13.3. The Kier molecular flexibility index (Phi) is 5.37. The van der Waals surface area contributed by atoms with Gasteiger partial charge < -0.3 is 9.47 Å². The van der Waals surface area contributed by atoms with Crippen LogP contribution in [0.1, 0.15) is 0 Å². The molecule has 0 aliphatic carbocycles. The van der Waals surface area contributed by atoms with E-state index in [4.69, 9.17) is 9.47 Å². The topological polar surface area (TPSA) is 55.8 Å². The van der Waals surface area contributed by atoms with E-state index in [-0.39, 0.29) is 11.4 Å². The largest absolute Gasteiger partial charge is 0.493 e. The second-order valence-corrected chi connectivity index (χ2v) is 7.74. The van der Waals surface area contributed by atoms with Crippen LogP contribution in [0.4, 0.5) is 5.69 Å². The SMILES string of the molecule is C=CCN(c1ccc(OC)c(OC)c1)S(=O)(=O)c1ccc2ccccc2c1. The van der Waals surface area contributed by atoms with Crippen LogP contribution in [0.15, 0.2) is 78.2 Å². The van der Waals surface area contributed by atoms with Crippen LogP contribution in [0.25, 0.3) is 10.8 Å². The van der Waals surface area contributed by atoms with E-state index >= 15 is 0 Å². The van der Waals surface area contributed by atoms with Crippen molar-refractivity contribution in [1.29, 1.82) is 0 Å². The second-order valence-electron chi connectivity index (χ2n) is 5.87. The molecule has 0 amide bonds. The van der Waals surface area contributed by atoms with Gasteiger partial charge in [0.25, 0.3) is 10.0 Å². The Morgan fingerprint density at radius 3 is 2.30 bits per heavy atom. The molecular weight excluding hydrogens is 362 g/mol. The molecular formula is C21H21NO4S. The minimum atomic E-state index is -3.79. The van der Waals surface area contributed by atoms with Crippen LogP contribution >= 0.6 is 0 Å². The van der Waals surface area contributed by atoms with E-state index in [9.17, 15) is 8.42 Å². The molecule has 3 rings (SSSR count). The maximum absolute atomic E-state index is 13.3. The zero-order chi connectivity index (χ0) is 19.4. The molecule has 0 aliphatic rings. The fraction of sp³-hybridized carbons (Fsp3) is 0.143. The van der Waals surface area contributed by atoms with Gasteiger partial charge in [0, 0.05) is 6.07 Å². The summed E-state index contributed by atoms with van der Waals surface area (Å²) in [5.41, 5.74) is 0.473. The van der Waals surface area contributed by atoms with E-state index in [1.54, 1.807) is 36.4 Å². The van der Waals surface area contributed by atoms with Crippen molar-refractivity contribution in [1.82, 2.24) is 0 Å². The lowest BCUT2D eigenvalue weighted by molar-refractivity contribution is 0.355. The van der Waals surface area contributed by atoms with Gasteiger partial charge in [0.2, 0.25) is 0 Å². The molecule has 5 nitrogen and oxygen atoms in total. The average molecular weight is 383 g/mol. The van der Waals surface area contributed by atoms with Gasteiger partial charge in [-0.25, -0.2) is 8.42 Å². The van der Waals surface area contributed by atoms with Crippen molar-refractivity contribution >= 4 is 26.5 Å². The van der Waals surface area contributed by atoms with Gasteiger partial charge in [0.15, 0.2) is 11.5 Å². The predicted molar refractivity (Wildman–Crippen MR) is 108 cm³/mol. The smallest absolute Gasteiger partial charge is 0.264 e. The first kappa shape index (κ1) is 18.8. The van der Waals surface area contributed by atoms with Crippen LogP contribution in [0.5, 0.6) is 11.5 Å². The zero-order valence-corrected chi connectivity index (χ0v) is 16.1. The fourth-order valence-electron chi connectivity index (χ4n) is 2.89. The number of hydrogen-bond donors (Lipinski definition) is 0. The van der Waals surface area contributed by atoms with Gasteiger partial charge in [-0.3, -0.25) is 4.31 Å². The van der Waals surface area contributed by atoms with E-state index in [0.717, 1.165) is 10.8 Å². The number of anilines is 1. The Balaban J connectivity index is 2.10. The molecule has 3 aromatic carbocycles. The predicted octanol–water partition coefficient (Wildman–Crippen LogP) is 4.24. The summed E-state index contributed by atoms with van der Waals surface area (Å²) < 4.78 is 38.5. The standard InChI is InChI=1S/C21H21NO4S/c1-4-13-22(18-10-12-20(25-2)21(15-18)26-3)27(23,24)19-11-9-16-7-5-6-8-17(16)14-19/h4-12,14-15H,1,13H2,2-3H3. The lowest BCUT2D eigenvalue weighted by atomic mass is 10.1. The summed E-state index contributed by atoms with van der Waals surface area (Å²) >= 11 is 0. The number of rotatable bonds is 7. The van der Waals surface area contributed by atoms with E-state index in [1.807, 2.05) is 30.3 Å². The van der Waals surface area contributed by atoms with Gasteiger partial charge in [-0.2, -0.15) is 0 Å². The van der Waals surface area contributed by atoms with Gasteiger partial charge in [0.05, 0.1) is 31.3 Å². The number of hydrogen-bond acceptors (Lipinski definition) is 4. The summed E-state index contributed by atoms with van der Waals surface area (Å²) in [6, 6.07) is 17.8. The summed E-state index contributed by atoms with van der Waals surface area (Å²) in [5.74, 6) is 0.987. The molecule has 0 saturated heterocycles. The molecule has 27 heavy (non-hydrogen) atoms. The van der Waals surface area contributed by atoms with E-state index < -0.39 is 10.0 Å². The van der Waals surface area contributed by atoms with Gasteiger partial charge >= 0.3 is 0 Å². The van der Waals surface area contributed by atoms with Crippen LogP contribution in [0.3, 0.4) is 0 Å². The van der Waals surface area contributed by atoms with Crippen molar-refractivity contribution in [3.63, 3.8) is 0 Å². The molecule has 0 spiro atoms. The molecule has 0 fully saturated rings. The van der Waals surface area contributed by atoms with Crippen LogP contribution in [-0.4, -0.2) is 29.2 Å². The van der Waals surface area contributed by atoms with Gasteiger partial charge in [-0.15, -0.1) is 6.58 Å². The number of methoxy groups -OCH3 is 2. The third-order valence-corrected chi connectivity index (χ3v) is 6.05. The normalized spacial score (nSPS) is 11.2. The van der Waals surface area contributed by atoms with E-state index in [1.165, 1.54) is 18.5 Å². The summed E-state index contributed by atoms with van der Waals surface area (Å²) in [6.45, 7) is 3.83. The lowest BCUT2D eigenvalue weighted by Gasteiger charge is -2.24. The van der Waals surface area contributed by atoms with Crippen LogP contribution in [0, 0.1) is 0 Å². The molecule has 0 aliphatic heterocycles. The van der Waals surface area contributed by atoms with Crippen LogP contribution < -0.4 is 13.8 Å². The highest BCUT2D eigenvalue weighted by molar-refractivity contribution is 7.92. The monoisotopic (exact) mass is 383 g/mol. The molecule has 0 atom stereocenters. The minimum Gasteiger partial charge on any atom is -0.493 e. The zero-order valence-electron chi connectivity index (χ0n) is 15.3. The molecule has 3 aromatic rings. The summed E-state index contributed by atoms with van der Waals surface area (Å²) in [5, 5.41) is 1.85. The molecule has 0 N–H and O–H groups in total. The molecule has 140 valence electrons. The van der Waals surface area contributed by atoms with Crippen molar-refractivity contribution in [2.75, 3.05) is 25.1 Å². The minimum absolute atomic E-state index is 0.130. The number of nitrogens with zero attached hydrogens (tertiary/aromatic N) is 1. The molecule has 0 unspecified atom stereocenters. The third-order valence-electron chi connectivity index (χ3n) is 4.26. The number of benzene rings is 3. The third kappa shape index (κ3) is 3.61. The Hall–Kier alpha value is -2.99. The Bertz CT molecular complexity index is 1080. The Morgan fingerprint density at radius 1 is 0.926 bits per heavy atom. The van der Waals surface area contributed by atoms with Crippen LogP contribution in [-0.2, 0) is 10.0 Å². The van der Waals surface area contributed by atoms with Crippen molar-refractivity contribution in [2.24, 2.45) is 0 Å². The van der Waals surface area contributed by atoms with Crippen LogP contribution in [0.2, 0.25) is 0 Å². The van der Waals surface area contributed by atoms with Gasteiger partial charge in [-0.1, -0.05) is 36.4 Å². The van der Waals surface area contributed by atoms with Crippen molar-refractivity contribution in [3.05, 3.63) is 73.3 Å². The maximum Gasteiger partial charge on any atom is 0.264 e. The molecule has 0 aromatic heterocycles. The van der Waals surface area contributed by atoms with Crippen molar-refractivity contribution in [2.45, 2.75) is 4.90 Å². The van der Waals surface area contributed by atoms with E-state index in [0.29, 0.717) is 17.2 Å². The second kappa shape index (κ2) is 7.72. The first-order valence-corrected chi connectivity index (χ1v) is 9.79. The van der Waals surface area contributed by atoms with Crippen molar-refractivity contribution in [3.8, 4) is 11.5 Å². The summed E-state index contributed by atoms with van der Waals surface area (Å²) in [6.07, 6.45) is 1.55. The van der Waals surface area contributed by atoms with E-state index in [2.05, 4.69) is 6.58 Å². The highest BCUT2D eigenvalue weighted by atomic mass is 32.2. The fourth-order valence-corrected chi connectivity index (χ4v) is 4.36. The van der Waals surface area contributed by atoms with Gasteiger partial charge in [0.1, 0.15) is 0 Å². The van der Waals surface area contributed by atoms with Gasteiger partial charge in [-0.05, 0) is 35.0 Å². The average Bonchev–Trinajstić information content (AvgIpc) is 2.71. The highest BCUT2D eigenvalue weighted by Gasteiger charge is 2.25. The summed E-state index contributed by atoms with van der Waals surface area (Å²) in [7, 11) is -0.743. The molecule has 0 bridgehead atoms. The number of fused-ring (bicyclic) bond motifs is 1. The first-order valence-electron chi connectivity index (χ1n) is 8.35. The molecule has 0 heterocycles. The number of sulfonamides is 1. The van der Waals surface area contributed by atoms with Crippen molar-refractivity contribution < 1.29 is 17.9 Å². The Morgan fingerprint density at radius 2 is 1.63 bits per heavy atom.